The molecule has 4 nitrogen and oxygen atoms in total. The van der Waals surface area contributed by atoms with Gasteiger partial charge in [0.15, 0.2) is 5.16 Å². The first-order valence-electron chi connectivity index (χ1n) is 7.22. The molecule has 0 atom stereocenters. The molecule has 1 aromatic carbocycles. The highest BCUT2D eigenvalue weighted by molar-refractivity contribution is 7.99. The first-order chi connectivity index (χ1) is 11.7. The number of anilines is 1. The molecule has 0 aliphatic carbocycles. The Hall–Kier alpha value is -1.70. The van der Waals surface area contributed by atoms with E-state index in [1.54, 1.807) is 41.4 Å². The molecule has 0 spiro atoms. The summed E-state index contributed by atoms with van der Waals surface area (Å²) in [6, 6.07) is 16.2. The van der Waals surface area contributed by atoms with Crippen LogP contribution in [-0.2, 0) is 5.75 Å². The van der Waals surface area contributed by atoms with Crippen molar-refractivity contribution in [3.8, 4) is 0 Å². The van der Waals surface area contributed by atoms with E-state index in [1.807, 2.05) is 36.7 Å². The molecule has 0 aliphatic rings. The Morgan fingerprint density at radius 1 is 1.00 bits per heavy atom. The van der Waals surface area contributed by atoms with Gasteiger partial charge in [0.05, 0.1) is 5.69 Å². The monoisotopic (exact) mass is 372 g/mol. The molecule has 0 radical (unpaired) electrons. The van der Waals surface area contributed by atoms with E-state index in [1.165, 1.54) is 9.79 Å². The fourth-order valence-electron chi connectivity index (χ4n) is 1.95. The van der Waals surface area contributed by atoms with Gasteiger partial charge in [0.25, 0.3) is 0 Å². The highest BCUT2D eigenvalue weighted by Gasteiger charge is 2.05. The third-order valence-electron chi connectivity index (χ3n) is 3.03. The van der Waals surface area contributed by atoms with Crippen LogP contribution >= 0.6 is 35.3 Å². The highest BCUT2D eigenvalue weighted by Crippen LogP contribution is 2.29. The maximum atomic E-state index is 5.82. The molecule has 0 saturated heterocycles. The Morgan fingerprint density at radius 2 is 1.83 bits per heavy atom. The molecule has 0 saturated carbocycles. The molecule has 0 amide bonds. The van der Waals surface area contributed by atoms with E-state index in [-0.39, 0.29) is 0 Å². The van der Waals surface area contributed by atoms with E-state index in [9.17, 15) is 0 Å². The van der Waals surface area contributed by atoms with Gasteiger partial charge in [-0.15, -0.1) is 11.8 Å². The number of nitrogen functional groups attached to an aromatic ring is 1. The number of aromatic nitrogens is 3. The van der Waals surface area contributed by atoms with Crippen molar-refractivity contribution < 1.29 is 0 Å². The zero-order valence-corrected chi connectivity index (χ0v) is 15.5. The smallest absolute Gasteiger partial charge is 0.190 e. The van der Waals surface area contributed by atoms with Crippen LogP contribution in [-0.4, -0.2) is 21.2 Å². The summed E-state index contributed by atoms with van der Waals surface area (Å²) < 4.78 is 0. The van der Waals surface area contributed by atoms with Crippen LogP contribution in [0, 0.1) is 0 Å². The van der Waals surface area contributed by atoms with E-state index in [0.717, 1.165) is 10.7 Å². The van der Waals surface area contributed by atoms with Crippen molar-refractivity contribution in [3.05, 3.63) is 60.4 Å². The van der Waals surface area contributed by atoms with Crippen LogP contribution in [0.2, 0.25) is 0 Å². The van der Waals surface area contributed by atoms with Gasteiger partial charge in [0.2, 0.25) is 0 Å². The molecule has 2 N–H and O–H groups in total. The van der Waals surface area contributed by atoms with Gasteiger partial charge in [-0.1, -0.05) is 41.7 Å². The molecule has 3 aromatic rings. The average Bonchev–Trinajstić information content (AvgIpc) is 2.61. The van der Waals surface area contributed by atoms with Gasteiger partial charge in [0, 0.05) is 27.8 Å². The van der Waals surface area contributed by atoms with E-state index in [2.05, 4.69) is 33.2 Å². The van der Waals surface area contributed by atoms with Crippen LogP contribution in [0.4, 0.5) is 5.82 Å². The van der Waals surface area contributed by atoms with Crippen molar-refractivity contribution in [2.45, 2.75) is 25.7 Å². The van der Waals surface area contributed by atoms with Gasteiger partial charge in [-0.25, -0.2) is 9.97 Å². The minimum absolute atomic E-state index is 0.498. The summed E-state index contributed by atoms with van der Waals surface area (Å²) in [7, 11) is 0. The number of rotatable bonds is 6. The number of pyridine rings is 1. The lowest BCUT2D eigenvalue weighted by molar-refractivity contribution is 0.899. The third-order valence-corrected chi connectivity index (χ3v) is 5.53. The second-order valence-electron chi connectivity index (χ2n) is 4.80. The number of nitrogens with zero attached hydrogens (tertiary/aromatic N) is 3. The molecule has 0 bridgehead atoms. The molecule has 7 heteroatoms. The molecule has 0 fully saturated rings. The number of nitrogens with two attached hydrogens (primary N) is 1. The minimum atomic E-state index is 0.498. The Morgan fingerprint density at radius 3 is 2.62 bits per heavy atom. The van der Waals surface area contributed by atoms with Crippen molar-refractivity contribution in [3.63, 3.8) is 0 Å². The Balaban J connectivity index is 1.68. The Labute approximate surface area is 154 Å². The first-order valence-corrected chi connectivity index (χ1v) is 10.2. The number of benzene rings is 1. The molecule has 122 valence electrons. The largest absolute Gasteiger partial charge is 0.384 e. The standard InChI is InChI=1S/C17H16N4S3/c1-22-16-10-15(18)20-17(21-16)23-11-12-9-14(7-8-19-12)24-13-5-3-2-4-6-13/h2-10H,11H2,1H3,(H2,18,20,21). The lowest BCUT2D eigenvalue weighted by Gasteiger charge is -2.05. The third kappa shape index (κ3) is 4.90. The molecule has 0 aliphatic heterocycles. The Kier molecular flexibility index (Phi) is 6.01. The number of hydrogen-bond acceptors (Lipinski definition) is 7. The second-order valence-corrected chi connectivity index (χ2v) is 7.72. The highest BCUT2D eigenvalue weighted by atomic mass is 32.2. The van der Waals surface area contributed by atoms with Crippen LogP contribution < -0.4 is 5.73 Å². The van der Waals surface area contributed by atoms with E-state index >= 15 is 0 Å². The van der Waals surface area contributed by atoms with Crippen molar-refractivity contribution in [1.29, 1.82) is 0 Å². The zero-order valence-electron chi connectivity index (χ0n) is 13.0. The van der Waals surface area contributed by atoms with Crippen LogP contribution in [0.1, 0.15) is 5.69 Å². The fraction of sp³-hybridized carbons (Fsp3) is 0.118. The quantitative estimate of drug-likeness (QED) is 0.385. The molecule has 3 rings (SSSR count). The summed E-state index contributed by atoms with van der Waals surface area (Å²) >= 11 is 4.83. The van der Waals surface area contributed by atoms with Crippen molar-refractivity contribution in [2.24, 2.45) is 0 Å². The van der Waals surface area contributed by atoms with Crippen molar-refractivity contribution in [2.75, 3.05) is 12.0 Å². The van der Waals surface area contributed by atoms with Crippen LogP contribution in [0.25, 0.3) is 0 Å². The molecular formula is C17H16N4S3. The summed E-state index contributed by atoms with van der Waals surface area (Å²) in [5, 5.41) is 1.56. The molecule has 2 heterocycles. The van der Waals surface area contributed by atoms with Gasteiger partial charge in [-0.2, -0.15) is 0 Å². The second kappa shape index (κ2) is 8.41. The first kappa shape index (κ1) is 17.1. The van der Waals surface area contributed by atoms with E-state index in [4.69, 9.17) is 5.73 Å². The fourth-order valence-corrected chi connectivity index (χ4v) is 4.08. The van der Waals surface area contributed by atoms with Gasteiger partial charge in [0.1, 0.15) is 10.8 Å². The van der Waals surface area contributed by atoms with Gasteiger partial charge < -0.3 is 5.73 Å². The van der Waals surface area contributed by atoms with Crippen molar-refractivity contribution >= 4 is 41.1 Å². The average molecular weight is 373 g/mol. The normalized spacial score (nSPS) is 10.7. The molecule has 24 heavy (non-hydrogen) atoms. The van der Waals surface area contributed by atoms with Crippen LogP contribution in [0.15, 0.2) is 74.7 Å². The maximum Gasteiger partial charge on any atom is 0.190 e. The summed E-state index contributed by atoms with van der Waals surface area (Å²) in [6.45, 7) is 0. The summed E-state index contributed by atoms with van der Waals surface area (Å²) in [5.74, 6) is 1.21. The molecular weight excluding hydrogens is 356 g/mol. The molecule has 2 aromatic heterocycles. The van der Waals surface area contributed by atoms with Gasteiger partial charge in [-0.3, -0.25) is 4.98 Å². The SMILES string of the molecule is CSc1cc(N)nc(SCc2cc(Sc3ccccc3)ccn2)n1. The van der Waals surface area contributed by atoms with E-state index in [0.29, 0.717) is 16.7 Å². The number of thioether (sulfide) groups is 2. The van der Waals surface area contributed by atoms with Gasteiger partial charge in [-0.05, 0) is 30.5 Å². The predicted octanol–water partition coefficient (Wildman–Crippen LogP) is 4.62. The van der Waals surface area contributed by atoms with Crippen LogP contribution in [0.3, 0.4) is 0 Å². The zero-order chi connectivity index (χ0) is 16.8. The maximum absolute atomic E-state index is 5.82. The predicted molar refractivity (Wildman–Crippen MR) is 103 cm³/mol. The lowest BCUT2D eigenvalue weighted by atomic mass is 10.4. The Bertz CT molecular complexity index is 812. The summed E-state index contributed by atoms with van der Waals surface area (Å²) in [4.78, 5) is 15.5. The lowest BCUT2D eigenvalue weighted by Crippen LogP contribution is -1.96. The minimum Gasteiger partial charge on any atom is -0.384 e. The molecule has 0 unspecified atom stereocenters. The topological polar surface area (TPSA) is 64.7 Å². The summed E-state index contributed by atoms with van der Waals surface area (Å²) in [5.41, 5.74) is 6.82. The van der Waals surface area contributed by atoms with Crippen molar-refractivity contribution in [1.82, 2.24) is 15.0 Å². The van der Waals surface area contributed by atoms with Gasteiger partial charge >= 0.3 is 0 Å². The number of hydrogen-bond donors (Lipinski definition) is 1. The van der Waals surface area contributed by atoms with E-state index < -0.39 is 0 Å². The summed E-state index contributed by atoms with van der Waals surface area (Å²) in [6.07, 6.45) is 3.82. The van der Waals surface area contributed by atoms with Crippen LogP contribution in [0.5, 0.6) is 0 Å².